The Kier molecular flexibility index (Phi) is 3.23. The summed E-state index contributed by atoms with van der Waals surface area (Å²) in [7, 11) is 3.50. The fourth-order valence-corrected chi connectivity index (χ4v) is 1.16. The Hall–Kier alpha value is -1.38. The average molecular weight is 192 g/mol. The van der Waals surface area contributed by atoms with Crippen LogP contribution in [0.1, 0.15) is 35.8 Å². The first-order valence-electron chi connectivity index (χ1n) is 4.70. The minimum atomic E-state index is 0.0225. The van der Waals surface area contributed by atoms with E-state index in [2.05, 4.69) is 18.8 Å². The van der Waals surface area contributed by atoms with Gasteiger partial charge in [-0.1, -0.05) is 13.8 Å². The zero-order valence-electron chi connectivity index (χ0n) is 9.11. The number of amides is 1. The Balaban J connectivity index is 3.00. The summed E-state index contributed by atoms with van der Waals surface area (Å²) in [5.74, 6) is 0.374. The first kappa shape index (κ1) is 10.7. The van der Waals surface area contributed by atoms with Gasteiger partial charge in [0.15, 0.2) is 0 Å². The van der Waals surface area contributed by atoms with E-state index in [0.29, 0.717) is 11.5 Å². The van der Waals surface area contributed by atoms with Crippen LogP contribution < -0.4 is 0 Å². The monoisotopic (exact) mass is 192 g/mol. The van der Waals surface area contributed by atoms with Crippen LogP contribution in [-0.2, 0) is 0 Å². The van der Waals surface area contributed by atoms with Crippen LogP contribution in [0.15, 0.2) is 18.3 Å². The van der Waals surface area contributed by atoms with E-state index in [1.165, 1.54) is 0 Å². The molecule has 76 valence electrons. The fraction of sp³-hybridized carbons (Fsp3) is 0.455. The third kappa shape index (κ3) is 2.31. The lowest BCUT2D eigenvalue weighted by Gasteiger charge is -2.11. The van der Waals surface area contributed by atoms with Crippen molar-refractivity contribution in [2.75, 3.05) is 14.1 Å². The molecule has 0 aromatic carbocycles. The van der Waals surface area contributed by atoms with Crippen molar-refractivity contribution in [2.24, 2.45) is 0 Å². The number of pyridine rings is 1. The first-order chi connectivity index (χ1) is 6.52. The topological polar surface area (TPSA) is 33.2 Å². The Morgan fingerprint density at radius 3 is 2.57 bits per heavy atom. The quantitative estimate of drug-likeness (QED) is 0.717. The van der Waals surface area contributed by atoms with E-state index in [1.54, 1.807) is 31.3 Å². The third-order valence-corrected chi connectivity index (χ3v) is 2.03. The van der Waals surface area contributed by atoms with Gasteiger partial charge in [-0.15, -0.1) is 0 Å². The van der Waals surface area contributed by atoms with Crippen LogP contribution in [0.3, 0.4) is 0 Å². The van der Waals surface area contributed by atoms with Crippen LogP contribution in [-0.4, -0.2) is 29.9 Å². The zero-order chi connectivity index (χ0) is 10.7. The number of aromatic nitrogens is 1. The van der Waals surface area contributed by atoms with Crippen molar-refractivity contribution in [3.8, 4) is 0 Å². The van der Waals surface area contributed by atoms with Gasteiger partial charge >= 0.3 is 0 Å². The van der Waals surface area contributed by atoms with E-state index >= 15 is 0 Å². The summed E-state index contributed by atoms with van der Waals surface area (Å²) < 4.78 is 0. The van der Waals surface area contributed by atoms with Crippen molar-refractivity contribution in [2.45, 2.75) is 19.8 Å². The molecule has 3 heteroatoms. The lowest BCUT2D eigenvalue weighted by Crippen LogP contribution is -2.21. The van der Waals surface area contributed by atoms with Gasteiger partial charge < -0.3 is 4.90 Å². The van der Waals surface area contributed by atoms with Gasteiger partial charge in [-0.05, 0) is 18.1 Å². The van der Waals surface area contributed by atoms with Gasteiger partial charge in [-0.2, -0.15) is 0 Å². The normalized spacial score (nSPS) is 10.4. The van der Waals surface area contributed by atoms with Gasteiger partial charge in [0.2, 0.25) is 0 Å². The molecule has 0 saturated carbocycles. The van der Waals surface area contributed by atoms with E-state index in [0.717, 1.165) is 5.69 Å². The summed E-state index contributed by atoms with van der Waals surface area (Å²) in [6.07, 6.45) is 1.69. The Morgan fingerprint density at radius 1 is 1.43 bits per heavy atom. The van der Waals surface area contributed by atoms with Gasteiger partial charge in [0.25, 0.3) is 5.91 Å². The summed E-state index contributed by atoms with van der Waals surface area (Å²) >= 11 is 0. The number of nitrogens with zero attached hydrogens (tertiary/aromatic N) is 2. The summed E-state index contributed by atoms with van der Waals surface area (Å²) in [6, 6.07) is 3.60. The molecule has 1 heterocycles. The van der Waals surface area contributed by atoms with Gasteiger partial charge in [-0.25, -0.2) is 0 Å². The van der Waals surface area contributed by atoms with Crippen molar-refractivity contribution in [3.63, 3.8) is 0 Å². The van der Waals surface area contributed by atoms with E-state index < -0.39 is 0 Å². The maximum atomic E-state index is 11.6. The molecule has 1 aromatic rings. The van der Waals surface area contributed by atoms with Crippen molar-refractivity contribution < 1.29 is 4.79 Å². The molecule has 14 heavy (non-hydrogen) atoms. The molecule has 0 spiro atoms. The van der Waals surface area contributed by atoms with Crippen LogP contribution in [0.2, 0.25) is 0 Å². The number of hydrogen-bond donors (Lipinski definition) is 0. The van der Waals surface area contributed by atoms with E-state index in [1.807, 2.05) is 6.07 Å². The van der Waals surface area contributed by atoms with E-state index in [9.17, 15) is 4.79 Å². The number of carbonyl (C=O) groups excluding carboxylic acids is 1. The summed E-state index contributed by atoms with van der Waals surface area (Å²) in [5, 5.41) is 0. The first-order valence-corrected chi connectivity index (χ1v) is 4.70. The highest BCUT2D eigenvalue weighted by Crippen LogP contribution is 2.13. The highest BCUT2D eigenvalue weighted by molar-refractivity contribution is 5.93. The molecule has 0 aliphatic carbocycles. The van der Waals surface area contributed by atoms with Gasteiger partial charge in [0.1, 0.15) is 0 Å². The molecule has 1 amide bonds. The van der Waals surface area contributed by atoms with Crippen LogP contribution in [0.5, 0.6) is 0 Å². The lowest BCUT2D eigenvalue weighted by atomic mass is 10.1. The number of hydrogen-bond acceptors (Lipinski definition) is 2. The maximum absolute atomic E-state index is 11.6. The van der Waals surface area contributed by atoms with Gasteiger partial charge in [0.05, 0.1) is 0 Å². The van der Waals surface area contributed by atoms with Crippen molar-refractivity contribution in [1.29, 1.82) is 0 Å². The highest BCUT2D eigenvalue weighted by atomic mass is 16.2. The number of rotatable bonds is 2. The summed E-state index contributed by atoms with van der Waals surface area (Å²) in [6.45, 7) is 4.12. The van der Waals surface area contributed by atoms with Crippen LogP contribution in [0.25, 0.3) is 0 Å². The van der Waals surface area contributed by atoms with Crippen molar-refractivity contribution in [1.82, 2.24) is 9.88 Å². The van der Waals surface area contributed by atoms with Crippen molar-refractivity contribution in [3.05, 3.63) is 29.6 Å². The van der Waals surface area contributed by atoms with Gasteiger partial charge in [-0.3, -0.25) is 9.78 Å². The minimum absolute atomic E-state index is 0.0225. The minimum Gasteiger partial charge on any atom is -0.345 e. The Bertz CT molecular complexity index is 332. The second-order valence-electron chi connectivity index (χ2n) is 3.82. The number of carbonyl (C=O) groups is 1. The smallest absolute Gasteiger partial charge is 0.253 e. The molecule has 1 aromatic heterocycles. The second kappa shape index (κ2) is 4.22. The molecule has 0 bridgehead atoms. The molecule has 0 aliphatic rings. The predicted molar refractivity (Wildman–Crippen MR) is 56.3 cm³/mol. The zero-order valence-corrected chi connectivity index (χ0v) is 9.11. The largest absolute Gasteiger partial charge is 0.345 e. The van der Waals surface area contributed by atoms with Crippen molar-refractivity contribution >= 4 is 5.91 Å². The van der Waals surface area contributed by atoms with Crippen LogP contribution in [0.4, 0.5) is 0 Å². The predicted octanol–water partition coefficient (Wildman–Crippen LogP) is 1.91. The third-order valence-electron chi connectivity index (χ3n) is 2.03. The molecular weight excluding hydrogens is 176 g/mol. The molecule has 3 nitrogen and oxygen atoms in total. The standard InChI is InChI=1S/C11H16N2O/c1-8(2)10-7-9(5-6-12-10)11(14)13(3)4/h5-8H,1-4H3. The molecule has 0 saturated heterocycles. The summed E-state index contributed by atoms with van der Waals surface area (Å²) in [4.78, 5) is 17.4. The summed E-state index contributed by atoms with van der Waals surface area (Å²) in [5.41, 5.74) is 1.66. The van der Waals surface area contributed by atoms with Crippen LogP contribution >= 0.6 is 0 Å². The van der Waals surface area contributed by atoms with E-state index in [4.69, 9.17) is 0 Å². The fourth-order valence-electron chi connectivity index (χ4n) is 1.16. The maximum Gasteiger partial charge on any atom is 0.253 e. The SMILES string of the molecule is CC(C)c1cc(C(=O)N(C)C)ccn1. The average Bonchev–Trinajstić information content (AvgIpc) is 2.16. The molecule has 0 unspecified atom stereocenters. The van der Waals surface area contributed by atoms with Crippen LogP contribution in [0, 0.1) is 0 Å². The molecule has 0 aliphatic heterocycles. The Morgan fingerprint density at radius 2 is 2.07 bits per heavy atom. The molecule has 0 fully saturated rings. The molecule has 0 radical (unpaired) electrons. The Labute approximate surface area is 84.8 Å². The van der Waals surface area contributed by atoms with Gasteiger partial charge in [0, 0.05) is 31.5 Å². The molecule has 0 N–H and O–H groups in total. The van der Waals surface area contributed by atoms with E-state index in [-0.39, 0.29) is 5.91 Å². The second-order valence-corrected chi connectivity index (χ2v) is 3.82. The molecule has 0 atom stereocenters. The molecule has 1 rings (SSSR count). The molecular formula is C11H16N2O. The lowest BCUT2D eigenvalue weighted by molar-refractivity contribution is 0.0827. The highest BCUT2D eigenvalue weighted by Gasteiger charge is 2.09.